The van der Waals surface area contributed by atoms with E-state index in [9.17, 15) is 4.79 Å². The van der Waals surface area contributed by atoms with Crippen LogP contribution in [0.5, 0.6) is 11.5 Å². The zero-order valence-electron chi connectivity index (χ0n) is 14.7. The van der Waals surface area contributed by atoms with Gasteiger partial charge in [-0.1, -0.05) is 0 Å². The highest BCUT2D eigenvalue weighted by Crippen LogP contribution is 2.31. The number of methoxy groups -OCH3 is 2. The number of carbonyl (C=O) groups is 1. The SMILES string of the molecule is COc1ccc(C(=O)c2nc(N3CCCC3)nc3ccsc23)cc1OC. The van der Waals surface area contributed by atoms with Crippen LogP contribution in [0.2, 0.25) is 0 Å². The fourth-order valence-corrected chi connectivity index (χ4v) is 4.00. The molecule has 0 saturated carbocycles. The summed E-state index contributed by atoms with van der Waals surface area (Å²) in [6.07, 6.45) is 2.26. The standard InChI is InChI=1S/C19H19N3O3S/c1-24-14-6-5-12(11-15(14)25-2)17(23)16-18-13(7-10-26-18)20-19(21-16)22-8-3-4-9-22/h5-7,10-11H,3-4,8-9H2,1-2H3. The van der Waals surface area contributed by atoms with E-state index in [1.54, 1.807) is 32.4 Å². The smallest absolute Gasteiger partial charge is 0.226 e. The van der Waals surface area contributed by atoms with Crippen molar-refractivity contribution in [2.45, 2.75) is 12.8 Å². The third kappa shape index (κ3) is 2.88. The van der Waals surface area contributed by atoms with E-state index >= 15 is 0 Å². The van der Waals surface area contributed by atoms with E-state index < -0.39 is 0 Å². The van der Waals surface area contributed by atoms with Crippen LogP contribution in [-0.2, 0) is 0 Å². The van der Waals surface area contributed by atoms with Crippen molar-refractivity contribution in [2.24, 2.45) is 0 Å². The zero-order chi connectivity index (χ0) is 18.1. The Balaban J connectivity index is 1.80. The molecule has 0 aliphatic carbocycles. The van der Waals surface area contributed by atoms with E-state index in [1.807, 2.05) is 11.4 Å². The van der Waals surface area contributed by atoms with E-state index in [4.69, 9.17) is 9.47 Å². The highest BCUT2D eigenvalue weighted by atomic mass is 32.1. The molecule has 1 aliphatic heterocycles. The monoisotopic (exact) mass is 369 g/mol. The van der Waals surface area contributed by atoms with Gasteiger partial charge in [-0.15, -0.1) is 11.3 Å². The largest absolute Gasteiger partial charge is 0.493 e. The summed E-state index contributed by atoms with van der Waals surface area (Å²) in [6.45, 7) is 1.86. The van der Waals surface area contributed by atoms with Crippen molar-refractivity contribution in [2.75, 3.05) is 32.2 Å². The van der Waals surface area contributed by atoms with Crippen molar-refractivity contribution in [3.05, 3.63) is 40.9 Å². The predicted octanol–water partition coefficient (Wildman–Crippen LogP) is 3.54. The minimum atomic E-state index is -0.138. The van der Waals surface area contributed by atoms with Gasteiger partial charge < -0.3 is 14.4 Å². The Morgan fingerprint density at radius 3 is 2.58 bits per heavy atom. The Morgan fingerprint density at radius 2 is 1.85 bits per heavy atom. The molecule has 3 heterocycles. The Kier molecular flexibility index (Phi) is 4.46. The molecule has 6 nitrogen and oxygen atoms in total. The second-order valence-corrected chi connectivity index (χ2v) is 7.02. The van der Waals surface area contributed by atoms with E-state index in [0.29, 0.717) is 28.7 Å². The van der Waals surface area contributed by atoms with Gasteiger partial charge in [0.15, 0.2) is 11.5 Å². The van der Waals surface area contributed by atoms with Crippen LogP contribution >= 0.6 is 11.3 Å². The summed E-state index contributed by atoms with van der Waals surface area (Å²) in [6, 6.07) is 7.10. The van der Waals surface area contributed by atoms with Gasteiger partial charge in [-0.3, -0.25) is 4.79 Å². The molecule has 0 bridgehead atoms. The average Bonchev–Trinajstić information content (AvgIpc) is 3.37. The van der Waals surface area contributed by atoms with Gasteiger partial charge in [0.1, 0.15) is 5.69 Å². The summed E-state index contributed by atoms with van der Waals surface area (Å²) >= 11 is 1.49. The Bertz CT molecular complexity index is 964. The third-order valence-electron chi connectivity index (χ3n) is 4.54. The maximum absolute atomic E-state index is 13.2. The van der Waals surface area contributed by atoms with Gasteiger partial charge in [0.05, 0.1) is 24.4 Å². The first kappa shape index (κ1) is 16.8. The van der Waals surface area contributed by atoms with Gasteiger partial charge in [0, 0.05) is 18.7 Å². The van der Waals surface area contributed by atoms with Gasteiger partial charge in [0.2, 0.25) is 11.7 Å². The van der Waals surface area contributed by atoms with Crippen molar-refractivity contribution in [1.29, 1.82) is 0 Å². The molecule has 26 heavy (non-hydrogen) atoms. The van der Waals surface area contributed by atoms with Gasteiger partial charge in [-0.25, -0.2) is 9.97 Å². The lowest BCUT2D eigenvalue weighted by atomic mass is 10.1. The molecule has 0 spiro atoms. The molecule has 7 heteroatoms. The molecule has 4 rings (SSSR count). The average molecular weight is 369 g/mol. The molecule has 0 radical (unpaired) electrons. The van der Waals surface area contributed by atoms with Crippen molar-refractivity contribution >= 4 is 33.3 Å². The summed E-state index contributed by atoms with van der Waals surface area (Å²) in [4.78, 5) is 24.6. The van der Waals surface area contributed by atoms with Crippen LogP contribution in [0.15, 0.2) is 29.6 Å². The summed E-state index contributed by atoms with van der Waals surface area (Å²) in [5, 5.41) is 1.94. The van der Waals surface area contributed by atoms with E-state index in [-0.39, 0.29) is 5.78 Å². The Labute approximate surface area is 155 Å². The molecule has 134 valence electrons. The molecule has 1 aromatic carbocycles. The molecule has 0 amide bonds. The number of nitrogens with zero attached hydrogens (tertiary/aromatic N) is 3. The number of thiophene rings is 1. The Morgan fingerprint density at radius 1 is 1.08 bits per heavy atom. The van der Waals surface area contributed by atoms with E-state index in [1.165, 1.54) is 11.3 Å². The molecule has 3 aromatic rings. The van der Waals surface area contributed by atoms with Gasteiger partial charge in [-0.05, 0) is 42.5 Å². The lowest BCUT2D eigenvalue weighted by molar-refractivity contribution is 0.103. The molecular weight excluding hydrogens is 350 g/mol. The van der Waals surface area contributed by atoms with E-state index in [0.717, 1.165) is 36.1 Å². The second-order valence-electron chi connectivity index (χ2n) is 6.10. The fraction of sp³-hybridized carbons (Fsp3) is 0.316. The van der Waals surface area contributed by atoms with Crippen molar-refractivity contribution < 1.29 is 14.3 Å². The number of ether oxygens (including phenoxy) is 2. The number of aromatic nitrogens is 2. The molecule has 0 N–H and O–H groups in total. The number of carbonyl (C=O) groups excluding carboxylic acids is 1. The highest BCUT2D eigenvalue weighted by Gasteiger charge is 2.22. The van der Waals surface area contributed by atoms with E-state index in [2.05, 4.69) is 14.9 Å². The van der Waals surface area contributed by atoms with Crippen LogP contribution in [0.3, 0.4) is 0 Å². The van der Waals surface area contributed by atoms with Gasteiger partial charge in [0.25, 0.3) is 0 Å². The number of hydrogen-bond donors (Lipinski definition) is 0. The number of fused-ring (bicyclic) bond motifs is 1. The molecular formula is C19H19N3O3S. The summed E-state index contributed by atoms with van der Waals surface area (Å²) in [5.74, 6) is 1.61. The van der Waals surface area contributed by atoms with Crippen LogP contribution in [0.4, 0.5) is 5.95 Å². The van der Waals surface area contributed by atoms with Crippen LogP contribution in [0.25, 0.3) is 10.2 Å². The fourth-order valence-electron chi connectivity index (χ4n) is 3.18. The molecule has 0 unspecified atom stereocenters. The first-order valence-corrected chi connectivity index (χ1v) is 9.36. The maximum atomic E-state index is 13.2. The number of anilines is 1. The number of benzene rings is 1. The topological polar surface area (TPSA) is 64.5 Å². The van der Waals surface area contributed by atoms with Gasteiger partial charge >= 0.3 is 0 Å². The predicted molar refractivity (Wildman–Crippen MR) is 102 cm³/mol. The molecule has 0 atom stereocenters. The van der Waals surface area contributed by atoms with Gasteiger partial charge in [-0.2, -0.15) is 0 Å². The zero-order valence-corrected chi connectivity index (χ0v) is 15.5. The minimum Gasteiger partial charge on any atom is -0.493 e. The Hall–Kier alpha value is -2.67. The molecule has 1 saturated heterocycles. The van der Waals surface area contributed by atoms with Crippen LogP contribution in [0.1, 0.15) is 28.9 Å². The summed E-state index contributed by atoms with van der Waals surface area (Å²) in [7, 11) is 3.13. The van der Waals surface area contributed by atoms with Crippen molar-refractivity contribution in [1.82, 2.24) is 9.97 Å². The van der Waals surface area contributed by atoms with Crippen LogP contribution in [0, 0.1) is 0 Å². The summed E-state index contributed by atoms with van der Waals surface area (Å²) < 4.78 is 11.4. The number of rotatable bonds is 5. The highest BCUT2D eigenvalue weighted by molar-refractivity contribution is 7.17. The van der Waals surface area contributed by atoms with Crippen molar-refractivity contribution in [3.8, 4) is 11.5 Å². The maximum Gasteiger partial charge on any atom is 0.226 e. The second kappa shape index (κ2) is 6.92. The number of ketones is 1. The minimum absolute atomic E-state index is 0.138. The lowest BCUT2D eigenvalue weighted by Gasteiger charge is -2.16. The first-order valence-electron chi connectivity index (χ1n) is 8.48. The summed E-state index contributed by atoms with van der Waals surface area (Å²) in [5.41, 5.74) is 1.78. The quantitative estimate of drug-likeness (QED) is 0.641. The third-order valence-corrected chi connectivity index (χ3v) is 5.45. The van der Waals surface area contributed by atoms with Crippen LogP contribution in [-0.4, -0.2) is 43.1 Å². The number of hydrogen-bond acceptors (Lipinski definition) is 7. The van der Waals surface area contributed by atoms with Crippen LogP contribution < -0.4 is 14.4 Å². The lowest BCUT2D eigenvalue weighted by Crippen LogP contribution is -2.21. The molecule has 1 aliphatic rings. The van der Waals surface area contributed by atoms with Crippen molar-refractivity contribution in [3.63, 3.8) is 0 Å². The first-order chi connectivity index (χ1) is 12.7. The molecule has 2 aromatic heterocycles. The molecule has 1 fully saturated rings. The normalized spacial score (nSPS) is 14.0.